The number of aromatic amines is 2. The summed E-state index contributed by atoms with van der Waals surface area (Å²) in [6.45, 7) is 13.6. The van der Waals surface area contributed by atoms with Gasteiger partial charge in [-0.05, 0) is 34.8 Å². The molecule has 5 heteroatoms. The van der Waals surface area contributed by atoms with E-state index in [2.05, 4.69) is 63.0 Å². The van der Waals surface area contributed by atoms with E-state index in [1.807, 2.05) is 6.07 Å². The van der Waals surface area contributed by atoms with Crippen LogP contribution >= 0.6 is 0 Å². The van der Waals surface area contributed by atoms with Crippen molar-refractivity contribution in [1.82, 2.24) is 9.97 Å². The summed E-state index contributed by atoms with van der Waals surface area (Å²) in [6, 6.07) is 5.38. The van der Waals surface area contributed by atoms with E-state index in [9.17, 15) is 9.59 Å². The maximum absolute atomic E-state index is 12.0. The average Bonchev–Trinajstić information content (AvgIpc) is 2.47. The van der Waals surface area contributed by atoms with Crippen LogP contribution in [0.2, 0.25) is 16.6 Å². The molecule has 0 saturated heterocycles. The summed E-state index contributed by atoms with van der Waals surface area (Å²) < 4.78 is 0. The van der Waals surface area contributed by atoms with Gasteiger partial charge in [-0.3, -0.25) is 9.78 Å². The number of nitrogens with one attached hydrogen (secondary N) is 2. The van der Waals surface area contributed by atoms with Gasteiger partial charge in [-0.2, -0.15) is 0 Å². The SMILES string of the molecule is CC(C)[Si](C#Cc1ccc2[nH]c(=O)[nH]c(=O)c2c1)(C(C)C)C(C)C. The van der Waals surface area contributed by atoms with E-state index in [1.165, 1.54) is 0 Å². The summed E-state index contributed by atoms with van der Waals surface area (Å²) in [5.41, 5.74) is 5.82. The lowest BCUT2D eigenvalue weighted by Gasteiger charge is -2.38. The standard InChI is InChI=1S/C19H26N2O2Si/c1-12(2)24(13(3)4,14(5)6)10-9-15-7-8-17-16(11-15)18(22)21-19(23)20-17/h7-8,11-14H,1-6H3,(H2,20,21,22,23). The van der Waals surface area contributed by atoms with E-state index in [1.54, 1.807) is 12.1 Å². The number of fused-ring (bicyclic) bond motifs is 1. The number of aromatic nitrogens is 2. The molecule has 128 valence electrons. The van der Waals surface area contributed by atoms with E-state index in [-0.39, 0.29) is 5.56 Å². The zero-order chi connectivity index (χ0) is 18.1. The zero-order valence-corrected chi connectivity index (χ0v) is 16.3. The molecule has 0 amide bonds. The largest absolute Gasteiger partial charge is 0.326 e. The molecule has 2 rings (SSSR count). The fourth-order valence-electron chi connectivity index (χ4n) is 3.86. The van der Waals surface area contributed by atoms with Crippen LogP contribution in [-0.2, 0) is 0 Å². The highest BCUT2D eigenvalue weighted by Gasteiger charge is 2.41. The highest BCUT2D eigenvalue weighted by Crippen LogP contribution is 2.40. The minimum Gasteiger partial charge on any atom is -0.307 e. The number of hydrogen-bond donors (Lipinski definition) is 2. The van der Waals surface area contributed by atoms with Gasteiger partial charge in [0.05, 0.1) is 10.9 Å². The number of hydrogen-bond acceptors (Lipinski definition) is 2. The molecule has 0 fully saturated rings. The lowest BCUT2D eigenvalue weighted by atomic mass is 10.1. The number of benzene rings is 1. The van der Waals surface area contributed by atoms with Crippen molar-refractivity contribution >= 4 is 19.0 Å². The smallest absolute Gasteiger partial charge is 0.307 e. The average molecular weight is 343 g/mol. The Morgan fingerprint density at radius 3 is 2.04 bits per heavy atom. The summed E-state index contributed by atoms with van der Waals surface area (Å²) in [5, 5.41) is 0.465. The Morgan fingerprint density at radius 1 is 0.917 bits per heavy atom. The molecule has 24 heavy (non-hydrogen) atoms. The summed E-state index contributed by atoms with van der Waals surface area (Å²) in [6.07, 6.45) is 0. The van der Waals surface area contributed by atoms with E-state index in [0.29, 0.717) is 27.5 Å². The van der Waals surface area contributed by atoms with Crippen LogP contribution in [-0.4, -0.2) is 18.0 Å². The van der Waals surface area contributed by atoms with Crippen molar-refractivity contribution < 1.29 is 0 Å². The Hall–Kier alpha value is -2.06. The van der Waals surface area contributed by atoms with Gasteiger partial charge < -0.3 is 4.98 Å². The number of rotatable bonds is 3. The topological polar surface area (TPSA) is 65.7 Å². The molecule has 0 spiro atoms. The normalized spacial score (nSPS) is 12.0. The van der Waals surface area contributed by atoms with Gasteiger partial charge in [-0.1, -0.05) is 47.5 Å². The molecule has 0 radical (unpaired) electrons. The van der Waals surface area contributed by atoms with Crippen molar-refractivity contribution in [3.05, 3.63) is 44.6 Å². The van der Waals surface area contributed by atoms with Crippen LogP contribution in [0.4, 0.5) is 0 Å². The third kappa shape index (κ3) is 3.25. The van der Waals surface area contributed by atoms with Crippen molar-refractivity contribution in [2.24, 2.45) is 0 Å². The van der Waals surface area contributed by atoms with Crippen molar-refractivity contribution in [2.45, 2.75) is 58.2 Å². The molecule has 1 heterocycles. The monoisotopic (exact) mass is 342 g/mol. The maximum atomic E-state index is 12.0. The zero-order valence-electron chi connectivity index (χ0n) is 15.3. The Labute approximate surface area is 143 Å². The van der Waals surface area contributed by atoms with Gasteiger partial charge in [0.1, 0.15) is 8.07 Å². The van der Waals surface area contributed by atoms with Gasteiger partial charge in [-0.25, -0.2) is 4.79 Å². The quantitative estimate of drug-likeness (QED) is 0.658. The molecule has 0 aliphatic heterocycles. The van der Waals surface area contributed by atoms with E-state index < -0.39 is 13.8 Å². The van der Waals surface area contributed by atoms with Gasteiger partial charge in [0, 0.05) is 5.56 Å². The molecule has 4 nitrogen and oxygen atoms in total. The Kier molecular flexibility index (Phi) is 5.19. The van der Waals surface area contributed by atoms with Gasteiger partial charge in [0.25, 0.3) is 5.56 Å². The number of H-pyrrole nitrogens is 2. The van der Waals surface area contributed by atoms with Crippen LogP contribution in [0.5, 0.6) is 0 Å². The fraction of sp³-hybridized carbons (Fsp3) is 0.474. The first-order valence-corrected chi connectivity index (χ1v) is 10.7. The second kappa shape index (κ2) is 6.82. The molecule has 0 aliphatic rings. The highest BCUT2D eigenvalue weighted by molar-refractivity contribution is 6.90. The molecule has 2 N–H and O–H groups in total. The third-order valence-corrected chi connectivity index (χ3v) is 11.3. The lowest BCUT2D eigenvalue weighted by molar-refractivity contribution is 0.838. The lowest BCUT2D eigenvalue weighted by Crippen LogP contribution is -2.43. The second-order valence-corrected chi connectivity index (χ2v) is 12.9. The van der Waals surface area contributed by atoms with Gasteiger partial charge in [0.15, 0.2) is 0 Å². The van der Waals surface area contributed by atoms with Crippen LogP contribution in [0.3, 0.4) is 0 Å². The van der Waals surface area contributed by atoms with Crippen LogP contribution in [0.15, 0.2) is 27.8 Å². The van der Waals surface area contributed by atoms with E-state index in [4.69, 9.17) is 0 Å². The first kappa shape index (κ1) is 18.3. The minimum atomic E-state index is -1.81. The molecule has 0 bridgehead atoms. The molecular formula is C19H26N2O2Si. The molecule has 0 saturated carbocycles. The minimum absolute atomic E-state index is 0.377. The van der Waals surface area contributed by atoms with Crippen LogP contribution in [0, 0.1) is 11.5 Å². The highest BCUT2D eigenvalue weighted by atomic mass is 28.3. The first-order valence-electron chi connectivity index (χ1n) is 8.48. The Balaban J connectivity index is 2.59. The second-order valence-electron chi connectivity index (χ2n) is 7.32. The van der Waals surface area contributed by atoms with Gasteiger partial charge in [0.2, 0.25) is 0 Å². The van der Waals surface area contributed by atoms with E-state index in [0.717, 1.165) is 5.56 Å². The van der Waals surface area contributed by atoms with Crippen LogP contribution < -0.4 is 11.2 Å². The molecule has 2 aromatic rings. The molecular weight excluding hydrogens is 316 g/mol. The van der Waals surface area contributed by atoms with Crippen molar-refractivity contribution in [1.29, 1.82) is 0 Å². The predicted molar refractivity (Wildman–Crippen MR) is 103 cm³/mol. The van der Waals surface area contributed by atoms with Crippen molar-refractivity contribution in [3.8, 4) is 11.5 Å². The predicted octanol–water partition coefficient (Wildman–Crippen LogP) is 3.79. The third-order valence-electron chi connectivity index (χ3n) is 5.03. The Morgan fingerprint density at radius 2 is 1.50 bits per heavy atom. The maximum Gasteiger partial charge on any atom is 0.326 e. The molecule has 0 atom stereocenters. The summed E-state index contributed by atoms with van der Waals surface area (Å²) in [4.78, 5) is 28.2. The van der Waals surface area contributed by atoms with Crippen LogP contribution in [0.1, 0.15) is 47.1 Å². The Bertz CT molecular complexity index is 889. The fourth-order valence-corrected chi connectivity index (χ4v) is 9.08. The van der Waals surface area contributed by atoms with Crippen molar-refractivity contribution in [3.63, 3.8) is 0 Å². The molecule has 1 aromatic heterocycles. The first-order chi connectivity index (χ1) is 11.2. The van der Waals surface area contributed by atoms with Gasteiger partial charge >= 0.3 is 5.69 Å². The summed E-state index contributed by atoms with van der Waals surface area (Å²) >= 11 is 0. The molecule has 0 aliphatic carbocycles. The van der Waals surface area contributed by atoms with E-state index >= 15 is 0 Å². The van der Waals surface area contributed by atoms with Crippen LogP contribution in [0.25, 0.3) is 10.9 Å². The molecule has 1 aromatic carbocycles. The molecule has 0 unspecified atom stereocenters. The van der Waals surface area contributed by atoms with Gasteiger partial charge in [-0.15, -0.1) is 5.54 Å². The van der Waals surface area contributed by atoms with Crippen molar-refractivity contribution in [2.75, 3.05) is 0 Å². The summed E-state index contributed by atoms with van der Waals surface area (Å²) in [5.74, 6) is 3.33. The summed E-state index contributed by atoms with van der Waals surface area (Å²) in [7, 11) is -1.81.